The molecule has 4 rings (SSSR count). The molecule has 0 amide bonds. The summed E-state index contributed by atoms with van der Waals surface area (Å²) in [5.41, 5.74) is 4.17. The number of fused-ring (bicyclic) bond motifs is 3. The van der Waals surface area contributed by atoms with E-state index in [2.05, 4.69) is 4.98 Å². The van der Waals surface area contributed by atoms with Gasteiger partial charge in [0.25, 0.3) is 5.56 Å². The van der Waals surface area contributed by atoms with Gasteiger partial charge in [0, 0.05) is 5.39 Å². The monoisotopic (exact) mass is 383 g/mol. The van der Waals surface area contributed by atoms with Crippen molar-refractivity contribution in [3.05, 3.63) is 87.0 Å². The van der Waals surface area contributed by atoms with Gasteiger partial charge < -0.3 is 15.5 Å². The molecule has 0 saturated carbocycles. The number of aromatic amines is 1. The Bertz CT molecular complexity index is 1240. The van der Waals surface area contributed by atoms with Gasteiger partial charge in [-0.05, 0) is 23.8 Å². The zero-order chi connectivity index (χ0) is 20.1. The predicted octanol–water partition coefficient (Wildman–Crippen LogP) is 3.77. The number of benzene rings is 2. The maximum Gasteiger partial charge on any atom is 0.416 e. The molecule has 5 nitrogen and oxygen atoms in total. The van der Waals surface area contributed by atoms with E-state index in [-0.39, 0.29) is 28.3 Å². The number of para-hydroxylation sites is 1. The van der Waals surface area contributed by atoms with E-state index in [0.29, 0.717) is 10.9 Å². The first-order valence-electron chi connectivity index (χ1n) is 8.21. The molecule has 1 atom stereocenters. The van der Waals surface area contributed by atoms with Crippen molar-refractivity contribution in [1.29, 1.82) is 5.26 Å². The molecule has 1 aliphatic rings. The van der Waals surface area contributed by atoms with Crippen molar-refractivity contribution in [1.82, 2.24) is 4.98 Å². The van der Waals surface area contributed by atoms with Gasteiger partial charge >= 0.3 is 6.18 Å². The van der Waals surface area contributed by atoms with E-state index in [4.69, 9.17) is 10.5 Å². The summed E-state index contributed by atoms with van der Waals surface area (Å²) in [6, 6.07) is 13.3. The maximum atomic E-state index is 13.6. The van der Waals surface area contributed by atoms with Crippen molar-refractivity contribution < 1.29 is 17.9 Å². The molecule has 1 aliphatic heterocycles. The highest BCUT2D eigenvalue weighted by atomic mass is 19.4. The number of nitrogens with zero attached hydrogens (tertiary/aromatic N) is 1. The molecule has 0 aliphatic carbocycles. The molecular formula is C20H12F3N3O2. The van der Waals surface area contributed by atoms with Gasteiger partial charge in [-0.3, -0.25) is 4.79 Å². The summed E-state index contributed by atoms with van der Waals surface area (Å²) in [7, 11) is 0. The summed E-state index contributed by atoms with van der Waals surface area (Å²) < 4.78 is 46.4. The molecule has 0 bridgehead atoms. The normalized spacial score (nSPS) is 16.4. The number of H-pyrrole nitrogens is 1. The fourth-order valence-electron chi connectivity index (χ4n) is 3.49. The fourth-order valence-corrected chi connectivity index (χ4v) is 3.49. The van der Waals surface area contributed by atoms with Crippen LogP contribution in [0.4, 0.5) is 13.2 Å². The first-order valence-corrected chi connectivity index (χ1v) is 8.21. The Labute approximate surface area is 156 Å². The van der Waals surface area contributed by atoms with Crippen LogP contribution in [0.3, 0.4) is 0 Å². The lowest BCUT2D eigenvalue weighted by molar-refractivity contribution is -0.138. The van der Waals surface area contributed by atoms with Gasteiger partial charge in [-0.1, -0.05) is 30.3 Å². The Hall–Kier alpha value is -3.73. The number of aromatic nitrogens is 1. The molecule has 140 valence electrons. The van der Waals surface area contributed by atoms with E-state index >= 15 is 0 Å². The summed E-state index contributed by atoms with van der Waals surface area (Å²) in [6.45, 7) is 0. The number of pyridine rings is 1. The van der Waals surface area contributed by atoms with Crippen LogP contribution in [-0.2, 0) is 6.18 Å². The Morgan fingerprint density at radius 1 is 1.11 bits per heavy atom. The number of ether oxygens (including phenoxy) is 1. The lowest BCUT2D eigenvalue weighted by atomic mass is 9.81. The second-order valence-corrected chi connectivity index (χ2v) is 6.25. The molecule has 2 heterocycles. The maximum absolute atomic E-state index is 13.6. The summed E-state index contributed by atoms with van der Waals surface area (Å²) in [5, 5.41) is 10.0. The van der Waals surface area contributed by atoms with Gasteiger partial charge in [0.2, 0.25) is 5.88 Å². The molecule has 2 aromatic carbocycles. The quantitative estimate of drug-likeness (QED) is 0.669. The summed E-state index contributed by atoms with van der Waals surface area (Å²) in [5.74, 6) is -1.58. The van der Waals surface area contributed by atoms with Crippen LogP contribution in [0.15, 0.2) is 64.8 Å². The minimum Gasteiger partial charge on any atom is -0.439 e. The lowest BCUT2D eigenvalue weighted by Gasteiger charge is -2.28. The van der Waals surface area contributed by atoms with Crippen LogP contribution in [0.2, 0.25) is 0 Å². The van der Waals surface area contributed by atoms with E-state index < -0.39 is 23.2 Å². The second kappa shape index (κ2) is 6.16. The largest absolute Gasteiger partial charge is 0.439 e. The van der Waals surface area contributed by atoms with Crippen LogP contribution in [0, 0.1) is 11.3 Å². The molecule has 1 aromatic heterocycles. The third kappa shape index (κ3) is 2.60. The van der Waals surface area contributed by atoms with Gasteiger partial charge in [-0.25, -0.2) is 0 Å². The molecule has 28 heavy (non-hydrogen) atoms. The van der Waals surface area contributed by atoms with Gasteiger partial charge in [0.15, 0.2) is 0 Å². The molecule has 8 heteroatoms. The lowest BCUT2D eigenvalue weighted by Crippen LogP contribution is -2.29. The number of nitrogens with one attached hydrogen (secondary N) is 1. The van der Waals surface area contributed by atoms with Gasteiger partial charge in [0.1, 0.15) is 17.4 Å². The van der Waals surface area contributed by atoms with E-state index in [1.165, 1.54) is 18.2 Å². The zero-order valence-electron chi connectivity index (χ0n) is 14.2. The number of hydrogen-bond acceptors (Lipinski definition) is 4. The highest BCUT2D eigenvalue weighted by molar-refractivity contribution is 5.87. The van der Waals surface area contributed by atoms with Gasteiger partial charge in [-0.15, -0.1) is 0 Å². The molecular weight excluding hydrogens is 371 g/mol. The van der Waals surface area contributed by atoms with E-state index in [1.54, 1.807) is 30.3 Å². The fraction of sp³-hybridized carbons (Fsp3) is 0.100. The van der Waals surface area contributed by atoms with E-state index in [1.807, 2.05) is 0 Å². The average molecular weight is 383 g/mol. The number of nitriles is 1. The van der Waals surface area contributed by atoms with Gasteiger partial charge in [0.05, 0.1) is 22.6 Å². The predicted molar refractivity (Wildman–Crippen MR) is 95.3 cm³/mol. The summed E-state index contributed by atoms with van der Waals surface area (Å²) in [6.07, 6.45) is -4.67. The van der Waals surface area contributed by atoms with Crippen molar-refractivity contribution in [2.24, 2.45) is 5.73 Å². The first-order chi connectivity index (χ1) is 13.3. The molecule has 3 N–H and O–H groups in total. The minimum absolute atomic E-state index is 0.0535. The Kier molecular flexibility index (Phi) is 3.89. The SMILES string of the molecule is N#CC1=C(N)Oc2c(c(=O)[nH]c3ccccc23)C1c1ccccc1C(F)(F)F. The highest BCUT2D eigenvalue weighted by Crippen LogP contribution is 2.46. The molecule has 0 spiro atoms. The Morgan fingerprint density at radius 2 is 1.79 bits per heavy atom. The van der Waals surface area contributed by atoms with Gasteiger partial charge in [-0.2, -0.15) is 18.4 Å². The van der Waals surface area contributed by atoms with Crippen LogP contribution in [0.5, 0.6) is 5.75 Å². The average Bonchev–Trinajstić information content (AvgIpc) is 2.66. The third-order valence-electron chi connectivity index (χ3n) is 4.66. The topological polar surface area (TPSA) is 91.9 Å². The molecule has 0 radical (unpaired) electrons. The molecule has 0 fully saturated rings. The van der Waals surface area contributed by atoms with Crippen molar-refractivity contribution >= 4 is 10.9 Å². The smallest absolute Gasteiger partial charge is 0.416 e. The summed E-state index contributed by atoms with van der Waals surface area (Å²) in [4.78, 5) is 15.4. The van der Waals surface area contributed by atoms with Crippen LogP contribution in [0.25, 0.3) is 10.9 Å². The number of nitrogens with two attached hydrogens (primary N) is 1. The van der Waals surface area contributed by atoms with Crippen molar-refractivity contribution in [2.45, 2.75) is 12.1 Å². The van der Waals surface area contributed by atoms with Crippen molar-refractivity contribution in [3.63, 3.8) is 0 Å². The Morgan fingerprint density at radius 3 is 2.50 bits per heavy atom. The number of alkyl halides is 3. The number of hydrogen-bond donors (Lipinski definition) is 2. The number of allylic oxidation sites excluding steroid dienone is 1. The first kappa shape index (κ1) is 17.7. The molecule has 1 unspecified atom stereocenters. The standard InChI is InChI=1S/C20H12F3N3O2/c21-20(22,23)13-7-3-1-5-10(13)15-12(9-24)18(25)28-17-11-6-2-4-8-14(11)26-19(27)16(15)17/h1-8,15H,25H2,(H,26,27). The van der Waals surface area contributed by atoms with Crippen LogP contribution in [-0.4, -0.2) is 4.98 Å². The van der Waals surface area contributed by atoms with E-state index in [0.717, 1.165) is 6.07 Å². The van der Waals surface area contributed by atoms with Crippen LogP contribution >= 0.6 is 0 Å². The highest BCUT2D eigenvalue weighted by Gasteiger charge is 2.41. The minimum atomic E-state index is -4.67. The van der Waals surface area contributed by atoms with Crippen LogP contribution < -0.4 is 16.0 Å². The van der Waals surface area contributed by atoms with Crippen molar-refractivity contribution in [2.75, 3.05) is 0 Å². The molecule has 3 aromatic rings. The number of halogens is 3. The van der Waals surface area contributed by atoms with E-state index in [9.17, 15) is 23.2 Å². The summed E-state index contributed by atoms with van der Waals surface area (Å²) >= 11 is 0. The zero-order valence-corrected chi connectivity index (χ0v) is 14.2. The Balaban J connectivity index is 2.12. The number of rotatable bonds is 1. The van der Waals surface area contributed by atoms with Crippen molar-refractivity contribution in [3.8, 4) is 11.8 Å². The molecule has 0 saturated heterocycles. The second-order valence-electron chi connectivity index (χ2n) is 6.25. The van der Waals surface area contributed by atoms with Crippen LogP contribution in [0.1, 0.15) is 22.6 Å². The third-order valence-corrected chi connectivity index (χ3v) is 4.66.